The van der Waals surface area contributed by atoms with Gasteiger partial charge in [-0.15, -0.1) is 0 Å². The normalized spacial score (nSPS) is 17.3. The molecule has 0 aliphatic carbocycles. The summed E-state index contributed by atoms with van der Waals surface area (Å²) in [7, 11) is 0. The van der Waals surface area contributed by atoms with Crippen molar-refractivity contribution in [1.29, 1.82) is 0 Å². The predicted molar refractivity (Wildman–Crippen MR) is 113 cm³/mol. The van der Waals surface area contributed by atoms with Crippen LogP contribution in [0.25, 0.3) is 0 Å². The van der Waals surface area contributed by atoms with Gasteiger partial charge in [-0.3, -0.25) is 0 Å². The minimum atomic E-state index is 0.712. The first kappa shape index (κ1) is 19.2. The first-order chi connectivity index (χ1) is 12.8. The molecule has 1 aliphatic rings. The molecule has 0 saturated carbocycles. The summed E-state index contributed by atoms with van der Waals surface area (Å²) in [5.74, 6) is 1.64. The highest BCUT2D eigenvalue weighted by Gasteiger charge is 2.16. The molecule has 0 bridgehead atoms. The minimum absolute atomic E-state index is 0.712. The van der Waals surface area contributed by atoms with E-state index in [-0.39, 0.29) is 0 Å². The highest BCUT2D eigenvalue weighted by molar-refractivity contribution is 5.20. The van der Waals surface area contributed by atoms with Crippen LogP contribution in [0.15, 0.2) is 60.7 Å². The Morgan fingerprint density at radius 3 is 2.15 bits per heavy atom. The third-order valence-electron chi connectivity index (χ3n) is 6.04. The molecule has 1 heteroatoms. The van der Waals surface area contributed by atoms with Gasteiger partial charge in [0.2, 0.25) is 0 Å². The third-order valence-corrected chi connectivity index (χ3v) is 6.04. The van der Waals surface area contributed by atoms with E-state index in [9.17, 15) is 0 Å². The molecular formula is C25H35N. The van der Waals surface area contributed by atoms with Crippen LogP contribution in [0.4, 0.5) is 0 Å². The Balaban J connectivity index is 1.47. The van der Waals surface area contributed by atoms with Crippen molar-refractivity contribution in [2.24, 2.45) is 5.92 Å². The van der Waals surface area contributed by atoms with E-state index in [0.29, 0.717) is 5.92 Å². The van der Waals surface area contributed by atoms with E-state index < -0.39 is 0 Å². The lowest BCUT2D eigenvalue weighted by Crippen LogP contribution is -2.33. The number of likely N-dealkylation sites (tertiary alicyclic amines) is 1. The number of hydrogen-bond donors (Lipinski definition) is 0. The van der Waals surface area contributed by atoms with Crippen LogP contribution in [-0.2, 0) is 6.42 Å². The van der Waals surface area contributed by atoms with Crippen molar-refractivity contribution < 1.29 is 0 Å². The van der Waals surface area contributed by atoms with Gasteiger partial charge in [0.15, 0.2) is 0 Å². The van der Waals surface area contributed by atoms with Gasteiger partial charge in [-0.05, 0) is 87.5 Å². The lowest BCUT2D eigenvalue weighted by atomic mass is 9.88. The van der Waals surface area contributed by atoms with Crippen molar-refractivity contribution in [2.45, 2.75) is 57.8 Å². The van der Waals surface area contributed by atoms with E-state index in [1.54, 1.807) is 0 Å². The Hall–Kier alpha value is -1.60. The number of rotatable bonds is 9. The molecule has 1 heterocycles. The molecule has 0 spiro atoms. The number of hydrogen-bond acceptors (Lipinski definition) is 1. The van der Waals surface area contributed by atoms with Gasteiger partial charge in [-0.2, -0.15) is 0 Å². The van der Waals surface area contributed by atoms with Crippen molar-refractivity contribution in [3.05, 3.63) is 71.8 Å². The first-order valence-electron chi connectivity index (χ1n) is 10.6. The minimum Gasteiger partial charge on any atom is -0.303 e. The quantitative estimate of drug-likeness (QED) is 0.513. The Kier molecular flexibility index (Phi) is 7.76. The Labute approximate surface area is 160 Å². The van der Waals surface area contributed by atoms with Gasteiger partial charge >= 0.3 is 0 Å². The molecule has 1 aliphatic heterocycles. The maximum Gasteiger partial charge on any atom is -0.00162 e. The molecular weight excluding hydrogens is 314 g/mol. The number of piperidine rings is 1. The largest absolute Gasteiger partial charge is 0.303 e. The summed E-state index contributed by atoms with van der Waals surface area (Å²) in [6.45, 7) is 6.31. The van der Waals surface area contributed by atoms with Gasteiger partial charge in [-0.25, -0.2) is 0 Å². The maximum atomic E-state index is 2.69. The van der Waals surface area contributed by atoms with E-state index in [4.69, 9.17) is 0 Å². The monoisotopic (exact) mass is 349 g/mol. The lowest BCUT2D eigenvalue weighted by molar-refractivity contribution is 0.188. The van der Waals surface area contributed by atoms with Crippen LogP contribution in [0.3, 0.4) is 0 Å². The van der Waals surface area contributed by atoms with Crippen LogP contribution < -0.4 is 0 Å². The predicted octanol–water partition coefficient (Wildman–Crippen LogP) is 6.31. The zero-order valence-corrected chi connectivity index (χ0v) is 16.4. The van der Waals surface area contributed by atoms with Crippen LogP contribution in [-0.4, -0.2) is 24.5 Å². The summed E-state index contributed by atoms with van der Waals surface area (Å²) >= 11 is 0. The molecule has 2 aromatic rings. The fourth-order valence-electron chi connectivity index (χ4n) is 4.25. The molecule has 1 unspecified atom stereocenters. The van der Waals surface area contributed by atoms with Gasteiger partial charge in [-0.1, -0.05) is 67.6 Å². The van der Waals surface area contributed by atoms with Crippen LogP contribution >= 0.6 is 0 Å². The molecule has 1 saturated heterocycles. The zero-order chi connectivity index (χ0) is 18.0. The maximum absolute atomic E-state index is 2.69. The Morgan fingerprint density at radius 1 is 0.846 bits per heavy atom. The molecule has 2 aromatic carbocycles. The van der Waals surface area contributed by atoms with Crippen LogP contribution in [0.5, 0.6) is 0 Å². The molecule has 3 rings (SSSR count). The number of nitrogens with zero attached hydrogens (tertiary/aromatic N) is 1. The average Bonchev–Trinajstić information content (AvgIpc) is 2.70. The molecule has 140 valence electrons. The summed E-state index contributed by atoms with van der Waals surface area (Å²) in [5, 5.41) is 0. The number of benzene rings is 2. The van der Waals surface area contributed by atoms with Crippen molar-refractivity contribution >= 4 is 0 Å². The molecule has 26 heavy (non-hydrogen) atoms. The summed E-state index contributed by atoms with van der Waals surface area (Å²) in [5.41, 5.74) is 3.01. The number of aryl methyl sites for hydroxylation is 1. The lowest BCUT2D eigenvalue weighted by Gasteiger charge is -2.30. The molecule has 0 radical (unpaired) electrons. The summed E-state index contributed by atoms with van der Waals surface area (Å²) in [6.07, 6.45) is 9.22. The van der Waals surface area contributed by atoms with Crippen molar-refractivity contribution in [2.75, 3.05) is 19.6 Å². The SMILES string of the molecule is CC1CCN(CCCC(CCCc2ccccc2)c2ccccc2)CC1. The molecule has 0 N–H and O–H groups in total. The second kappa shape index (κ2) is 10.5. The smallest absolute Gasteiger partial charge is 0.00162 e. The van der Waals surface area contributed by atoms with E-state index in [1.807, 2.05) is 0 Å². The molecule has 1 atom stereocenters. The second-order valence-electron chi connectivity index (χ2n) is 8.15. The van der Waals surface area contributed by atoms with Gasteiger partial charge in [0, 0.05) is 0 Å². The van der Waals surface area contributed by atoms with Gasteiger partial charge in [0.1, 0.15) is 0 Å². The Morgan fingerprint density at radius 2 is 1.46 bits per heavy atom. The first-order valence-corrected chi connectivity index (χ1v) is 10.6. The van der Waals surface area contributed by atoms with Gasteiger partial charge in [0.25, 0.3) is 0 Å². The molecule has 0 amide bonds. The van der Waals surface area contributed by atoms with Crippen LogP contribution in [0.2, 0.25) is 0 Å². The van der Waals surface area contributed by atoms with E-state index in [0.717, 1.165) is 5.92 Å². The topological polar surface area (TPSA) is 3.24 Å². The van der Waals surface area contributed by atoms with Gasteiger partial charge in [0.05, 0.1) is 0 Å². The average molecular weight is 350 g/mol. The zero-order valence-electron chi connectivity index (χ0n) is 16.4. The van der Waals surface area contributed by atoms with Crippen molar-refractivity contribution in [3.63, 3.8) is 0 Å². The molecule has 0 aromatic heterocycles. The van der Waals surface area contributed by atoms with Crippen molar-refractivity contribution in [1.82, 2.24) is 4.90 Å². The van der Waals surface area contributed by atoms with Crippen LogP contribution in [0.1, 0.15) is 62.5 Å². The van der Waals surface area contributed by atoms with Crippen molar-refractivity contribution in [3.8, 4) is 0 Å². The summed E-state index contributed by atoms with van der Waals surface area (Å²) in [6, 6.07) is 22.1. The van der Waals surface area contributed by atoms with Gasteiger partial charge < -0.3 is 4.90 Å². The fourth-order valence-corrected chi connectivity index (χ4v) is 4.25. The van der Waals surface area contributed by atoms with E-state index in [2.05, 4.69) is 72.5 Å². The van der Waals surface area contributed by atoms with E-state index in [1.165, 1.54) is 75.7 Å². The van der Waals surface area contributed by atoms with Crippen LogP contribution in [0, 0.1) is 5.92 Å². The Bertz CT molecular complexity index is 599. The summed E-state index contributed by atoms with van der Waals surface area (Å²) in [4.78, 5) is 2.69. The summed E-state index contributed by atoms with van der Waals surface area (Å²) < 4.78 is 0. The highest BCUT2D eigenvalue weighted by atomic mass is 15.1. The molecule has 1 fully saturated rings. The van der Waals surface area contributed by atoms with E-state index >= 15 is 0 Å². The standard InChI is InChI=1S/C25H35N/c1-22-17-20-26(21-18-22)19-9-16-25(24-13-6-3-7-14-24)15-8-12-23-10-4-2-5-11-23/h2-7,10-11,13-14,22,25H,8-9,12,15-21H2,1H3. The third kappa shape index (κ3) is 6.29. The highest BCUT2D eigenvalue weighted by Crippen LogP contribution is 2.27. The fraction of sp³-hybridized carbons (Fsp3) is 0.520. The second-order valence-corrected chi connectivity index (χ2v) is 8.15. The molecule has 1 nitrogen and oxygen atoms in total.